The summed E-state index contributed by atoms with van der Waals surface area (Å²) in [5.41, 5.74) is 1.31. The van der Waals surface area contributed by atoms with E-state index in [1.165, 1.54) is 25.4 Å². The first-order valence-corrected chi connectivity index (χ1v) is 11.7. The van der Waals surface area contributed by atoms with E-state index in [9.17, 15) is 23.7 Å². The van der Waals surface area contributed by atoms with E-state index in [2.05, 4.69) is 0 Å². The standard InChI is InChI=1S/C21H24N4O5S2/c1-14-3-8-19(31-14)32(30)24-12-17(21(28)29)25(18(27)13-24)11-15-4-6-16(7-5-15)20(22)23(2)9-10-26/h3-8,10,17,22H,9,11-13H2,1-2H3,(H,28,29). The minimum absolute atomic E-state index is 0.0378. The third-order valence-corrected chi connectivity index (χ3v) is 7.80. The molecule has 1 saturated heterocycles. The van der Waals surface area contributed by atoms with Crippen LogP contribution in [0.15, 0.2) is 40.6 Å². The zero-order chi connectivity index (χ0) is 23.4. The minimum Gasteiger partial charge on any atom is -0.480 e. The molecule has 1 aromatic heterocycles. The van der Waals surface area contributed by atoms with Gasteiger partial charge in [0.2, 0.25) is 5.91 Å². The number of amidine groups is 1. The molecular weight excluding hydrogens is 452 g/mol. The molecule has 0 spiro atoms. The quantitative estimate of drug-likeness (QED) is 0.337. The lowest BCUT2D eigenvalue weighted by Gasteiger charge is -2.38. The van der Waals surface area contributed by atoms with Crippen LogP contribution in [-0.4, -0.2) is 80.1 Å². The number of carbonyl (C=O) groups excluding carboxylic acids is 2. The lowest BCUT2D eigenvalue weighted by Crippen LogP contribution is -2.59. The Kier molecular flexibility index (Phi) is 7.54. The maximum atomic E-state index is 12.8. The fraction of sp³-hybridized carbons (Fsp3) is 0.333. The highest BCUT2D eigenvalue weighted by atomic mass is 32.2. The van der Waals surface area contributed by atoms with Crippen LogP contribution in [-0.2, 0) is 31.9 Å². The monoisotopic (exact) mass is 476 g/mol. The second-order valence-corrected chi connectivity index (χ2v) is 10.4. The van der Waals surface area contributed by atoms with Gasteiger partial charge < -0.3 is 19.7 Å². The molecule has 0 radical (unpaired) electrons. The second-order valence-electron chi connectivity index (χ2n) is 7.41. The van der Waals surface area contributed by atoms with Crippen LogP contribution in [0.4, 0.5) is 0 Å². The number of carboxylic acids is 1. The summed E-state index contributed by atoms with van der Waals surface area (Å²) in [7, 11) is 0.0454. The molecule has 1 aliphatic heterocycles. The molecule has 2 aromatic rings. The number of hydrogen-bond acceptors (Lipinski definition) is 6. The predicted molar refractivity (Wildman–Crippen MR) is 121 cm³/mol. The summed E-state index contributed by atoms with van der Waals surface area (Å²) in [5.74, 6) is -1.38. The number of benzene rings is 1. The van der Waals surface area contributed by atoms with Gasteiger partial charge in [-0.15, -0.1) is 11.3 Å². The molecule has 1 amide bonds. The molecule has 2 unspecified atom stereocenters. The number of piperazine rings is 1. The average Bonchev–Trinajstić information content (AvgIpc) is 3.20. The Labute approximate surface area is 192 Å². The van der Waals surface area contributed by atoms with Gasteiger partial charge in [0.25, 0.3) is 0 Å². The van der Waals surface area contributed by atoms with Crippen LogP contribution in [0.3, 0.4) is 0 Å². The van der Waals surface area contributed by atoms with Crippen molar-refractivity contribution in [3.63, 3.8) is 0 Å². The van der Waals surface area contributed by atoms with E-state index in [0.29, 0.717) is 21.6 Å². The molecule has 32 heavy (non-hydrogen) atoms. The molecule has 1 aromatic carbocycles. The largest absolute Gasteiger partial charge is 0.480 e. The van der Waals surface area contributed by atoms with Crippen LogP contribution in [0.5, 0.6) is 0 Å². The number of nitrogens with one attached hydrogen (secondary N) is 1. The van der Waals surface area contributed by atoms with Crippen molar-refractivity contribution in [1.82, 2.24) is 14.1 Å². The number of hydrogen-bond donors (Lipinski definition) is 2. The number of nitrogens with zero attached hydrogens (tertiary/aromatic N) is 3. The zero-order valence-corrected chi connectivity index (χ0v) is 19.3. The van der Waals surface area contributed by atoms with Gasteiger partial charge in [-0.25, -0.2) is 13.3 Å². The van der Waals surface area contributed by atoms with Crippen LogP contribution in [0.2, 0.25) is 0 Å². The summed E-state index contributed by atoms with van der Waals surface area (Å²) in [4.78, 5) is 39.1. The number of thiophene rings is 1. The van der Waals surface area contributed by atoms with Crippen LogP contribution in [0, 0.1) is 12.3 Å². The molecule has 3 rings (SSSR count). The number of carbonyl (C=O) groups is 3. The van der Waals surface area contributed by atoms with Gasteiger partial charge in [0.15, 0.2) is 0 Å². The Morgan fingerprint density at radius 3 is 2.56 bits per heavy atom. The van der Waals surface area contributed by atoms with Gasteiger partial charge in [0.05, 0.1) is 13.1 Å². The number of amides is 1. The average molecular weight is 477 g/mol. The fourth-order valence-corrected chi connectivity index (χ4v) is 5.86. The molecule has 2 heterocycles. The lowest BCUT2D eigenvalue weighted by molar-refractivity contribution is -0.154. The van der Waals surface area contributed by atoms with Crippen molar-refractivity contribution in [2.75, 3.05) is 26.7 Å². The van der Waals surface area contributed by atoms with E-state index in [4.69, 9.17) is 5.41 Å². The number of rotatable bonds is 8. The van der Waals surface area contributed by atoms with E-state index >= 15 is 0 Å². The highest BCUT2D eigenvalue weighted by Crippen LogP contribution is 2.24. The molecule has 170 valence electrons. The number of aryl methyl sites for hydroxylation is 1. The molecule has 0 aliphatic carbocycles. The third-order valence-electron chi connectivity index (χ3n) is 5.10. The van der Waals surface area contributed by atoms with Gasteiger partial charge in [-0.1, -0.05) is 24.3 Å². The van der Waals surface area contributed by atoms with E-state index in [1.54, 1.807) is 37.4 Å². The maximum absolute atomic E-state index is 12.8. The highest BCUT2D eigenvalue weighted by molar-refractivity contribution is 7.85. The minimum atomic E-state index is -1.60. The van der Waals surface area contributed by atoms with Gasteiger partial charge in [0, 0.05) is 30.6 Å². The van der Waals surface area contributed by atoms with Crippen LogP contribution >= 0.6 is 11.3 Å². The van der Waals surface area contributed by atoms with Gasteiger partial charge in [-0.2, -0.15) is 0 Å². The summed E-state index contributed by atoms with van der Waals surface area (Å²) < 4.78 is 14.8. The van der Waals surface area contributed by atoms with Crippen molar-refractivity contribution in [3.8, 4) is 0 Å². The fourth-order valence-electron chi connectivity index (χ4n) is 3.33. The van der Waals surface area contributed by atoms with Gasteiger partial charge in [0.1, 0.15) is 33.4 Å². The number of carboxylic acid groups (broad SMARTS) is 1. The molecule has 11 heteroatoms. The number of aldehydes is 1. The molecule has 9 nitrogen and oxygen atoms in total. The van der Waals surface area contributed by atoms with Crippen LogP contribution < -0.4 is 0 Å². The second kappa shape index (κ2) is 10.2. The number of aliphatic carboxylic acids is 1. The molecule has 0 bridgehead atoms. The van der Waals surface area contributed by atoms with Crippen molar-refractivity contribution in [2.45, 2.75) is 23.7 Å². The van der Waals surface area contributed by atoms with Crippen molar-refractivity contribution in [3.05, 3.63) is 52.4 Å². The Balaban J connectivity index is 1.73. The maximum Gasteiger partial charge on any atom is 0.327 e. The summed E-state index contributed by atoms with van der Waals surface area (Å²) >= 11 is 1.36. The Morgan fingerprint density at radius 1 is 1.31 bits per heavy atom. The van der Waals surface area contributed by atoms with E-state index < -0.39 is 28.9 Å². The van der Waals surface area contributed by atoms with E-state index in [1.807, 2.05) is 13.0 Å². The Morgan fingerprint density at radius 2 is 2.00 bits per heavy atom. The van der Waals surface area contributed by atoms with Crippen molar-refractivity contribution in [1.29, 1.82) is 5.41 Å². The smallest absolute Gasteiger partial charge is 0.327 e. The molecular formula is C21H24N4O5S2. The first-order chi connectivity index (χ1) is 15.2. The van der Waals surface area contributed by atoms with E-state index in [-0.39, 0.29) is 32.0 Å². The lowest BCUT2D eigenvalue weighted by atomic mass is 10.1. The first-order valence-electron chi connectivity index (χ1n) is 9.79. The first kappa shape index (κ1) is 23.8. The van der Waals surface area contributed by atoms with Crippen molar-refractivity contribution in [2.24, 2.45) is 0 Å². The van der Waals surface area contributed by atoms with E-state index in [0.717, 1.165) is 4.88 Å². The topological polar surface area (TPSA) is 122 Å². The molecule has 1 fully saturated rings. The van der Waals surface area contributed by atoms with Gasteiger partial charge in [-0.05, 0) is 24.6 Å². The Hall–Kier alpha value is -2.89. The molecule has 2 N–H and O–H groups in total. The molecule has 2 atom stereocenters. The SMILES string of the molecule is Cc1ccc(S(=O)N2CC(=O)N(Cc3ccc(C(=N)N(C)CC=O)cc3)C(C(=O)O)C2)s1. The summed E-state index contributed by atoms with van der Waals surface area (Å²) in [6, 6.07) is 9.29. The van der Waals surface area contributed by atoms with Crippen molar-refractivity contribution >= 4 is 46.3 Å². The normalized spacial score (nSPS) is 17.8. The third kappa shape index (κ3) is 5.29. The summed E-state index contributed by atoms with van der Waals surface area (Å²) in [6.07, 6.45) is 0.715. The molecule has 1 aliphatic rings. The van der Waals surface area contributed by atoms with Gasteiger partial charge >= 0.3 is 5.97 Å². The number of likely N-dealkylation sites (N-methyl/N-ethyl adjacent to an activating group) is 1. The summed E-state index contributed by atoms with van der Waals surface area (Å²) in [5, 5.41) is 17.8. The predicted octanol–water partition coefficient (Wildman–Crippen LogP) is 1.33. The summed E-state index contributed by atoms with van der Waals surface area (Å²) in [6.45, 7) is 1.91. The Bertz CT molecular complexity index is 1050. The van der Waals surface area contributed by atoms with Crippen LogP contribution in [0.25, 0.3) is 0 Å². The zero-order valence-electron chi connectivity index (χ0n) is 17.7. The van der Waals surface area contributed by atoms with Crippen LogP contribution in [0.1, 0.15) is 16.0 Å². The molecule has 0 saturated carbocycles. The highest BCUT2D eigenvalue weighted by Gasteiger charge is 2.39. The van der Waals surface area contributed by atoms with Crippen molar-refractivity contribution < 1.29 is 23.7 Å². The van der Waals surface area contributed by atoms with Gasteiger partial charge in [-0.3, -0.25) is 10.2 Å².